The Balaban J connectivity index is 2.69. The first-order chi connectivity index (χ1) is 8.58. The Morgan fingerprint density at radius 1 is 1.56 bits per heavy atom. The molecule has 1 aromatic carbocycles. The van der Waals surface area contributed by atoms with Crippen LogP contribution in [0.25, 0.3) is 0 Å². The lowest BCUT2D eigenvalue weighted by Crippen LogP contribution is -2.43. The van der Waals surface area contributed by atoms with E-state index >= 15 is 0 Å². The lowest BCUT2D eigenvalue weighted by Gasteiger charge is -2.11. The number of carbonyl (C=O) groups excluding carboxylic acids is 2. The van der Waals surface area contributed by atoms with Crippen LogP contribution in [-0.4, -0.2) is 24.5 Å². The van der Waals surface area contributed by atoms with Gasteiger partial charge in [0.25, 0.3) is 5.91 Å². The highest BCUT2D eigenvalue weighted by molar-refractivity contribution is 6.08. The molecule has 1 rings (SSSR count). The first-order valence-corrected chi connectivity index (χ1v) is 5.38. The van der Waals surface area contributed by atoms with Crippen LogP contribution in [0, 0.1) is 12.3 Å². The van der Waals surface area contributed by atoms with Gasteiger partial charge in [0.15, 0.2) is 6.04 Å². The van der Waals surface area contributed by atoms with Crippen molar-refractivity contribution in [2.75, 3.05) is 11.9 Å². The third-order valence-electron chi connectivity index (χ3n) is 2.12. The van der Waals surface area contributed by atoms with Crippen molar-refractivity contribution in [3.05, 3.63) is 29.8 Å². The highest BCUT2D eigenvalue weighted by atomic mass is 16.5. The number of ether oxygens (including phenoxy) is 1. The smallest absolute Gasteiger partial charge is 0.332 e. The van der Waals surface area contributed by atoms with E-state index in [1.807, 2.05) is 0 Å². The zero-order chi connectivity index (χ0) is 13.5. The summed E-state index contributed by atoms with van der Waals surface area (Å²) in [5.74, 6) is 1.04. The number of hydrogen-bond donors (Lipinski definition) is 2. The maximum atomic E-state index is 11.6. The number of esters is 1. The molecule has 0 aliphatic carbocycles. The van der Waals surface area contributed by atoms with E-state index in [0.717, 1.165) is 0 Å². The summed E-state index contributed by atoms with van der Waals surface area (Å²) in [7, 11) is 0. The Morgan fingerprint density at radius 2 is 2.28 bits per heavy atom. The molecule has 0 fully saturated rings. The van der Waals surface area contributed by atoms with Crippen molar-refractivity contribution in [3.63, 3.8) is 0 Å². The molecule has 0 spiro atoms. The predicted octanol–water partition coefficient (Wildman–Crippen LogP) is 0.497. The number of terminal acetylenes is 1. The van der Waals surface area contributed by atoms with Gasteiger partial charge in [-0.2, -0.15) is 0 Å². The Kier molecular flexibility index (Phi) is 4.90. The molecule has 1 unspecified atom stereocenters. The van der Waals surface area contributed by atoms with E-state index in [2.05, 4.69) is 16.0 Å². The van der Waals surface area contributed by atoms with E-state index in [4.69, 9.17) is 12.2 Å². The molecule has 0 aliphatic heterocycles. The fourth-order valence-electron chi connectivity index (χ4n) is 1.25. The Labute approximate surface area is 105 Å². The van der Waals surface area contributed by atoms with Gasteiger partial charge in [-0.1, -0.05) is 12.0 Å². The Bertz CT molecular complexity index is 491. The Morgan fingerprint density at radius 3 is 2.89 bits per heavy atom. The first kappa shape index (κ1) is 13.7. The van der Waals surface area contributed by atoms with Gasteiger partial charge in [-0.05, 0) is 25.1 Å². The second-order valence-corrected chi connectivity index (χ2v) is 3.44. The number of hydrogen-bond acceptors (Lipinski definition) is 4. The molecule has 0 saturated heterocycles. The van der Waals surface area contributed by atoms with Gasteiger partial charge in [0.05, 0.1) is 6.61 Å². The van der Waals surface area contributed by atoms with Gasteiger partial charge in [-0.3, -0.25) is 4.79 Å². The summed E-state index contributed by atoms with van der Waals surface area (Å²) in [5.41, 5.74) is 6.54. The van der Waals surface area contributed by atoms with Crippen molar-refractivity contribution in [2.45, 2.75) is 13.0 Å². The van der Waals surface area contributed by atoms with Crippen LogP contribution in [0.2, 0.25) is 0 Å². The zero-order valence-electron chi connectivity index (χ0n) is 9.97. The minimum atomic E-state index is -1.35. The highest BCUT2D eigenvalue weighted by Gasteiger charge is 2.23. The van der Waals surface area contributed by atoms with Gasteiger partial charge in [0.2, 0.25) is 0 Å². The molecule has 1 atom stereocenters. The summed E-state index contributed by atoms with van der Waals surface area (Å²) in [6, 6.07) is 5.33. The highest BCUT2D eigenvalue weighted by Crippen LogP contribution is 2.09. The number of carbonyl (C=O) groups is 2. The van der Waals surface area contributed by atoms with E-state index in [0.29, 0.717) is 11.3 Å². The fourth-order valence-corrected chi connectivity index (χ4v) is 1.25. The normalized spacial score (nSPS) is 11.2. The maximum absolute atomic E-state index is 11.6. The lowest BCUT2D eigenvalue weighted by molar-refractivity contribution is -0.146. The first-order valence-electron chi connectivity index (χ1n) is 5.38. The van der Waals surface area contributed by atoms with Crippen LogP contribution in [0.5, 0.6) is 0 Å². The van der Waals surface area contributed by atoms with Crippen LogP contribution >= 0.6 is 0 Å². The molecule has 1 amide bonds. The molecule has 0 saturated carbocycles. The van der Waals surface area contributed by atoms with Gasteiger partial charge < -0.3 is 15.8 Å². The van der Waals surface area contributed by atoms with Crippen LogP contribution in [-0.2, 0) is 14.3 Å². The summed E-state index contributed by atoms with van der Waals surface area (Å²) in [4.78, 5) is 22.9. The van der Waals surface area contributed by atoms with Crippen molar-refractivity contribution in [2.24, 2.45) is 5.73 Å². The van der Waals surface area contributed by atoms with Crippen molar-refractivity contribution in [1.29, 1.82) is 0 Å². The average Bonchev–Trinajstić information content (AvgIpc) is 2.38. The van der Waals surface area contributed by atoms with Crippen molar-refractivity contribution in [3.8, 4) is 12.3 Å². The topological polar surface area (TPSA) is 81.4 Å². The van der Waals surface area contributed by atoms with E-state index in [1.165, 1.54) is 0 Å². The minimum absolute atomic E-state index is 0.173. The summed E-state index contributed by atoms with van der Waals surface area (Å²) < 4.78 is 4.65. The SMILES string of the molecule is C#Cc1cccc(NC(=O)C(N)C(=O)OCC)c1. The summed E-state index contributed by atoms with van der Waals surface area (Å²) >= 11 is 0. The maximum Gasteiger partial charge on any atom is 0.332 e. The Hall–Kier alpha value is -2.32. The number of amides is 1. The molecule has 0 aliphatic rings. The molecule has 3 N–H and O–H groups in total. The molecular weight excluding hydrogens is 232 g/mol. The molecule has 0 bridgehead atoms. The second kappa shape index (κ2) is 6.42. The number of nitrogens with one attached hydrogen (secondary N) is 1. The van der Waals surface area contributed by atoms with Gasteiger partial charge in [0, 0.05) is 11.3 Å². The van der Waals surface area contributed by atoms with Crippen molar-refractivity contribution < 1.29 is 14.3 Å². The summed E-state index contributed by atoms with van der Waals surface area (Å²) in [6.07, 6.45) is 5.24. The van der Waals surface area contributed by atoms with Crippen LogP contribution in [0.1, 0.15) is 12.5 Å². The van der Waals surface area contributed by atoms with Crippen LogP contribution in [0.3, 0.4) is 0 Å². The molecule has 0 radical (unpaired) electrons. The number of anilines is 1. The fraction of sp³-hybridized carbons (Fsp3) is 0.231. The molecular formula is C13H14N2O3. The van der Waals surface area contributed by atoms with Gasteiger partial charge >= 0.3 is 5.97 Å². The lowest BCUT2D eigenvalue weighted by atomic mass is 10.2. The molecule has 0 heterocycles. The van der Waals surface area contributed by atoms with Crippen molar-refractivity contribution >= 4 is 17.6 Å². The summed E-state index contributed by atoms with van der Waals surface area (Å²) in [5, 5.41) is 2.50. The van der Waals surface area contributed by atoms with Gasteiger partial charge in [0.1, 0.15) is 0 Å². The molecule has 5 heteroatoms. The zero-order valence-corrected chi connectivity index (χ0v) is 9.97. The van der Waals surface area contributed by atoms with Crippen molar-refractivity contribution in [1.82, 2.24) is 0 Å². The van der Waals surface area contributed by atoms with E-state index < -0.39 is 17.9 Å². The standard InChI is InChI=1S/C13H14N2O3/c1-3-9-6-5-7-10(8-9)15-12(16)11(14)13(17)18-4-2/h1,5-8,11H,4,14H2,2H3,(H,15,16). The predicted molar refractivity (Wildman–Crippen MR) is 67.6 cm³/mol. The monoisotopic (exact) mass is 246 g/mol. The third kappa shape index (κ3) is 3.61. The quantitative estimate of drug-likeness (QED) is 0.460. The third-order valence-corrected chi connectivity index (χ3v) is 2.12. The number of benzene rings is 1. The van der Waals surface area contributed by atoms with Crippen LogP contribution in [0.15, 0.2) is 24.3 Å². The van der Waals surface area contributed by atoms with E-state index in [-0.39, 0.29) is 6.61 Å². The number of nitrogens with two attached hydrogens (primary N) is 1. The van der Waals surface area contributed by atoms with E-state index in [1.54, 1.807) is 31.2 Å². The molecule has 18 heavy (non-hydrogen) atoms. The largest absolute Gasteiger partial charge is 0.464 e. The number of rotatable bonds is 4. The van der Waals surface area contributed by atoms with E-state index in [9.17, 15) is 9.59 Å². The van der Waals surface area contributed by atoms with Crippen LogP contribution in [0.4, 0.5) is 5.69 Å². The van der Waals surface area contributed by atoms with Gasteiger partial charge in [-0.15, -0.1) is 6.42 Å². The molecule has 94 valence electrons. The van der Waals surface area contributed by atoms with Crippen LogP contribution < -0.4 is 11.1 Å². The molecule has 5 nitrogen and oxygen atoms in total. The average molecular weight is 246 g/mol. The summed E-state index contributed by atoms with van der Waals surface area (Å²) in [6.45, 7) is 1.81. The minimum Gasteiger partial charge on any atom is -0.464 e. The molecule has 0 aromatic heterocycles. The van der Waals surface area contributed by atoms with Gasteiger partial charge in [-0.25, -0.2) is 4.79 Å². The second-order valence-electron chi connectivity index (χ2n) is 3.44. The molecule has 1 aromatic rings.